The Kier molecular flexibility index (Phi) is 6.80. The van der Waals surface area contributed by atoms with Crippen LogP contribution in [0.1, 0.15) is 56.3 Å². The van der Waals surface area contributed by atoms with Gasteiger partial charge in [0.15, 0.2) is 0 Å². The Morgan fingerprint density at radius 1 is 1.12 bits per heavy atom. The van der Waals surface area contributed by atoms with E-state index in [0.717, 1.165) is 25.7 Å². The summed E-state index contributed by atoms with van der Waals surface area (Å²) in [5.74, 6) is 0.537. The summed E-state index contributed by atoms with van der Waals surface area (Å²) in [5.41, 5.74) is 0.499. The van der Waals surface area contributed by atoms with Crippen molar-refractivity contribution < 1.29 is 13.2 Å². The van der Waals surface area contributed by atoms with Gasteiger partial charge in [0.1, 0.15) is 0 Å². The first kappa shape index (κ1) is 18.9. The van der Waals surface area contributed by atoms with Gasteiger partial charge in [-0.25, -0.2) is 8.42 Å². The minimum Gasteiger partial charge on any atom is -0.352 e. The smallest absolute Gasteiger partial charge is 0.251 e. The molecule has 1 aromatic carbocycles. The lowest BCUT2D eigenvalue weighted by Gasteiger charge is -2.15. The van der Waals surface area contributed by atoms with Gasteiger partial charge in [-0.3, -0.25) is 4.79 Å². The highest BCUT2D eigenvalue weighted by molar-refractivity contribution is 7.89. The van der Waals surface area contributed by atoms with Gasteiger partial charge in [0, 0.05) is 25.2 Å². The molecule has 1 aliphatic rings. The van der Waals surface area contributed by atoms with Gasteiger partial charge in [-0.2, -0.15) is 4.31 Å². The number of benzene rings is 1. The molecule has 0 spiro atoms. The van der Waals surface area contributed by atoms with E-state index in [1.807, 2.05) is 0 Å². The second-order valence-electron chi connectivity index (χ2n) is 6.78. The Hall–Kier alpha value is -1.40. The third-order valence-electron chi connectivity index (χ3n) is 4.31. The first-order valence-electron chi connectivity index (χ1n) is 8.79. The van der Waals surface area contributed by atoms with Gasteiger partial charge in [0.05, 0.1) is 4.90 Å². The highest BCUT2D eigenvalue weighted by Crippen LogP contribution is 2.21. The number of rotatable bonds is 8. The quantitative estimate of drug-likeness (QED) is 0.731. The number of carbonyl (C=O) groups is 1. The fourth-order valence-electron chi connectivity index (χ4n) is 2.84. The van der Waals surface area contributed by atoms with Crippen LogP contribution >= 0.6 is 0 Å². The minimum atomic E-state index is -3.41. The monoisotopic (exact) mass is 352 g/mol. The van der Waals surface area contributed by atoms with Gasteiger partial charge in [-0.05, 0) is 49.4 Å². The molecule has 2 rings (SSSR count). The molecule has 0 radical (unpaired) electrons. The van der Waals surface area contributed by atoms with Crippen LogP contribution in [0.15, 0.2) is 29.2 Å². The zero-order chi connectivity index (χ0) is 17.6. The summed E-state index contributed by atoms with van der Waals surface area (Å²) in [6, 6.07) is 6.24. The van der Waals surface area contributed by atoms with E-state index in [-0.39, 0.29) is 10.8 Å². The van der Waals surface area contributed by atoms with Gasteiger partial charge in [-0.15, -0.1) is 0 Å². The number of nitrogens with one attached hydrogen (secondary N) is 1. The molecule has 1 heterocycles. The summed E-state index contributed by atoms with van der Waals surface area (Å²) in [6.45, 7) is 6.20. The summed E-state index contributed by atoms with van der Waals surface area (Å²) in [7, 11) is -3.41. The maximum atomic E-state index is 12.4. The highest BCUT2D eigenvalue weighted by atomic mass is 32.2. The molecule has 0 aromatic heterocycles. The van der Waals surface area contributed by atoms with E-state index in [1.54, 1.807) is 12.1 Å². The molecule has 1 fully saturated rings. The van der Waals surface area contributed by atoms with Gasteiger partial charge < -0.3 is 5.32 Å². The standard InChI is InChI=1S/C18H28N2O3S/c1-15(2)7-3-4-12-19-18(21)16-8-10-17(11-9-16)24(22,23)20-13-5-6-14-20/h8-11,15H,3-7,12-14H2,1-2H3,(H,19,21). The van der Waals surface area contributed by atoms with E-state index in [2.05, 4.69) is 19.2 Å². The maximum absolute atomic E-state index is 12.4. The summed E-state index contributed by atoms with van der Waals surface area (Å²) < 4.78 is 26.4. The zero-order valence-electron chi connectivity index (χ0n) is 14.6. The Balaban J connectivity index is 1.88. The van der Waals surface area contributed by atoms with Crippen LogP contribution in [0.3, 0.4) is 0 Å². The molecule has 134 valence electrons. The Labute approximate surface area is 145 Å². The maximum Gasteiger partial charge on any atom is 0.251 e. The molecule has 0 saturated carbocycles. The molecule has 5 nitrogen and oxygen atoms in total. The van der Waals surface area contributed by atoms with Crippen LogP contribution in [0.25, 0.3) is 0 Å². The Bertz CT molecular complexity index is 633. The lowest BCUT2D eigenvalue weighted by atomic mass is 10.1. The van der Waals surface area contributed by atoms with Gasteiger partial charge >= 0.3 is 0 Å². The Morgan fingerprint density at radius 3 is 2.33 bits per heavy atom. The van der Waals surface area contributed by atoms with Crippen LogP contribution in [0, 0.1) is 5.92 Å². The number of unbranched alkanes of at least 4 members (excludes halogenated alkanes) is 1. The van der Waals surface area contributed by atoms with E-state index in [9.17, 15) is 13.2 Å². The number of nitrogens with zero attached hydrogens (tertiary/aromatic N) is 1. The van der Waals surface area contributed by atoms with Crippen molar-refractivity contribution in [3.8, 4) is 0 Å². The van der Waals surface area contributed by atoms with Crippen molar-refractivity contribution in [3.63, 3.8) is 0 Å². The molecule has 0 aliphatic carbocycles. The molecule has 1 aliphatic heterocycles. The largest absolute Gasteiger partial charge is 0.352 e. The molecule has 1 amide bonds. The second kappa shape index (κ2) is 8.62. The average Bonchev–Trinajstić information content (AvgIpc) is 3.09. The van der Waals surface area contributed by atoms with E-state index in [1.165, 1.54) is 22.9 Å². The Morgan fingerprint density at radius 2 is 1.75 bits per heavy atom. The van der Waals surface area contributed by atoms with Crippen molar-refractivity contribution in [2.24, 2.45) is 5.92 Å². The van der Waals surface area contributed by atoms with Crippen molar-refractivity contribution in [2.45, 2.75) is 50.8 Å². The molecule has 1 aromatic rings. The fourth-order valence-corrected chi connectivity index (χ4v) is 4.35. The van der Waals surface area contributed by atoms with Crippen LogP contribution in [-0.2, 0) is 10.0 Å². The van der Waals surface area contributed by atoms with Crippen molar-refractivity contribution >= 4 is 15.9 Å². The van der Waals surface area contributed by atoms with Crippen LogP contribution in [-0.4, -0.2) is 38.3 Å². The van der Waals surface area contributed by atoms with Crippen molar-refractivity contribution in [3.05, 3.63) is 29.8 Å². The topological polar surface area (TPSA) is 66.5 Å². The minimum absolute atomic E-state index is 0.148. The highest BCUT2D eigenvalue weighted by Gasteiger charge is 2.27. The molecule has 1 saturated heterocycles. The molecular formula is C18H28N2O3S. The van der Waals surface area contributed by atoms with Crippen LogP contribution < -0.4 is 5.32 Å². The lowest BCUT2D eigenvalue weighted by Crippen LogP contribution is -2.28. The number of amides is 1. The average molecular weight is 353 g/mol. The molecular weight excluding hydrogens is 324 g/mol. The van der Waals surface area contributed by atoms with Crippen molar-refractivity contribution in [1.29, 1.82) is 0 Å². The predicted molar refractivity (Wildman–Crippen MR) is 95.5 cm³/mol. The number of carbonyl (C=O) groups excluding carboxylic acids is 1. The molecule has 1 N–H and O–H groups in total. The second-order valence-corrected chi connectivity index (χ2v) is 8.72. The van der Waals surface area contributed by atoms with Gasteiger partial charge in [0.2, 0.25) is 10.0 Å². The fraction of sp³-hybridized carbons (Fsp3) is 0.611. The van der Waals surface area contributed by atoms with Crippen LogP contribution in [0.5, 0.6) is 0 Å². The molecule has 0 unspecified atom stereocenters. The van der Waals surface area contributed by atoms with E-state index in [4.69, 9.17) is 0 Å². The predicted octanol–water partition coefficient (Wildman–Crippen LogP) is 3.03. The summed E-state index contributed by atoms with van der Waals surface area (Å²) in [4.78, 5) is 12.3. The normalized spacial score (nSPS) is 15.8. The third kappa shape index (κ3) is 5.05. The van der Waals surface area contributed by atoms with Crippen molar-refractivity contribution in [2.75, 3.05) is 19.6 Å². The summed E-state index contributed by atoms with van der Waals surface area (Å²) in [5, 5.41) is 2.89. The van der Waals surface area contributed by atoms with Crippen LogP contribution in [0.4, 0.5) is 0 Å². The van der Waals surface area contributed by atoms with E-state index >= 15 is 0 Å². The zero-order valence-corrected chi connectivity index (χ0v) is 15.4. The molecule has 6 heteroatoms. The molecule has 0 atom stereocenters. The van der Waals surface area contributed by atoms with E-state index < -0.39 is 10.0 Å². The number of hydrogen-bond donors (Lipinski definition) is 1. The summed E-state index contributed by atoms with van der Waals surface area (Å²) >= 11 is 0. The van der Waals surface area contributed by atoms with Crippen LogP contribution in [0.2, 0.25) is 0 Å². The number of sulfonamides is 1. The SMILES string of the molecule is CC(C)CCCCNC(=O)c1ccc(S(=O)(=O)N2CCCC2)cc1. The van der Waals surface area contributed by atoms with Crippen molar-refractivity contribution in [1.82, 2.24) is 9.62 Å². The first-order chi connectivity index (χ1) is 11.4. The van der Waals surface area contributed by atoms with Gasteiger partial charge in [-0.1, -0.05) is 26.7 Å². The summed E-state index contributed by atoms with van der Waals surface area (Å²) in [6.07, 6.45) is 5.06. The lowest BCUT2D eigenvalue weighted by molar-refractivity contribution is 0.0952. The first-order valence-corrected chi connectivity index (χ1v) is 10.2. The van der Waals surface area contributed by atoms with E-state index in [0.29, 0.717) is 31.1 Å². The third-order valence-corrected chi connectivity index (χ3v) is 6.23. The van der Waals surface area contributed by atoms with Gasteiger partial charge in [0.25, 0.3) is 5.91 Å². The molecule has 24 heavy (non-hydrogen) atoms. The number of hydrogen-bond acceptors (Lipinski definition) is 3. The molecule has 0 bridgehead atoms.